The summed E-state index contributed by atoms with van der Waals surface area (Å²) in [5.41, 5.74) is -0.457. The summed E-state index contributed by atoms with van der Waals surface area (Å²) < 4.78 is 9.29. The summed E-state index contributed by atoms with van der Waals surface area (Å²) in [7, 11) is 0. The van der Waals surface area contributed by atoms with Crippen molar-refractivity contribution in [3.63, 3.8) is 0 Å². The van der Waals surface area contributed by atoms with E-state index in [2.05, 4.69) is 14.3 Å². The van der Waals surface area contributed by atoms with Crippen molar-refractivity contribution >= 4 is 34.4 Å². The van der Waals surface area contributed by atoms with Crippen LogP contribution in [0, 0.1) is 0 Å². The molecule has 1 fully saturated rings. The molecule has 106 valence electrons. The van der Waals surface area contributed by atoms with E-state index in [0.29, 0.717) is 26.2 Å². The molecule has 0 N–H and O–H groups in total. The summed E-state index contributed by atoms with van der Waals surface area (Å²) in [5.74, 6) is 0. The third-order valence-corrected chi connectivity index (χ3v) is 3.64. The van der Waals surface area contributed by atoms with Crippen molar-refractivity contribution in [2.45, 2.75) is 26.4 Å². The van der Waals surface area contributed by atoms with Crippen LogP contribution in [0.2, 0.25) is 5.28 Å². The van der Waals surface area contributed by atoms with E-state index in [-0.39, 0.29) is 11.4 Å². The minimum absolute atomic E-state index is 0.262. The van der Waals surface area contributed by atoms with E-state index < -0.39 is 5.60 Å². The van der Waals surface area contributed by atoms with Gasteiger partial charge in [0.15, 0.2) is 0 Å². The molecule has 1 aliphatic heterocycles. The quantitative estimate of drug-likeness (QED) is 0.796. The SMILES string of the molecule is CC(C)(C)OC(=O)N1CCN(c2nc(Cl)ns2)CC1. The molecule has 1 saturated heterocycles. The lowest BCUT2D eigenvalue weighted by Gasteiger charge is -2.35. The first-order chi connectivity index (χ1) is 8.85. The van der Waals surface area contributed by atoms with E-state index in [1.807, 2.05) is 20.8 Å². The van der Waals surface area contributed by atoms with Gasteiger partial charge < -0.3 is 14.5 Å². The average Bonchev–Trinajstić information content (AvgIpc) is 2.74. The molecule has 2 heterocycles. The predicted molar refractivity (Wildman–Crippen MR) is 74.9 cm³/mol. The standard InChI is InChI=1S/C11H17ClN4O2S/c1-11(2,3)18-10(17)16-6-4-15(5-7-16)9-13-8(12)14-19-9/h4-7H2,1-3H3. The summed E-state index contributed by atoms with van der Waals surface area (Å²) in [6.45, 7) is 8.26. The number of nitrogens with zero attached hydrogens (tertiary/aromatic N) is 4. The number of halogens is 1. The van der Waals surface area contributed by atoms with Crippen molar-refractivity contribution in [1.29, 1.82) is 0 Å². The molecule has 0 aromatic carbocycles. The highest BCUT2D eigenvalue weighted by atomic mass is 35.5. The van der Waals surface area contributed by atoms with Gasteiger partial charge in [0, 0.05) is 37.7 Å². The van der Waals surface area contributed by atoms with Gasteiger partial charge in [-0.1, -0.05) is 0 Å². The van der Waals surface area contributed by atoms with Gasteiger partial charge in [0.05, 0.1) is 0 Å². The Balaban J connectivity index is 1.87. The Kier molecular flexibility index (Phi) is 4.15. The second-order valence-electron chi connectivity index (χ2n) is 5.30. The number of carbonyl (C=O) groups is 1. The Bertz CT molecular complexity index is 452. The van der Waals surface area contributed by atoms with E-state index >= 15 is 0 Å². The Morgan fingerprint density at radius 2 is 1.95 bits per heavy atom. The topological polar surface area (TPSA) is 58.6 Å². The Morgan fingerprint density at radius 3 is 2.42 bits per heavy atom. The second-order valence-corrected chi connectivity index (χ2v) is 6.37. The first-order valence-electron chi connectivity index (χ1n) is 6.07. The van der Waals surface area contributed by atoms with Crippen LogP contribution in [0.25, 0.3) is 0 Å². The summed E-state index contributed by atoms with van der Waals surface area (Å²) >= 11 is 6.98. The van der Waals surface area contributed by atoms with Gasteiger partial charge in [0.25, 0.3) is 0 Å². The fourth-order valence-electron chi connectivity index (χ4n) is 1.73. The molecule has 1 aromatic heterocycles. The summed E-state index contributed by atoms with van der Waals surface area (Å²) in [6, 6.07) is 0. The van der Waals surface area contributed by atoms with Gasteiger partial charge in [-0.15, -0.1) is 0 Å². The van der Waals surface area contributed by atoms with Crippen LogP contribution in [0.5, 0.6) is 0 Å². The van der Waals surface area contributed by atoms with E-state index in [4.69, 9.17) is 16.3 Å². The van der Waals surface area contributed by atoms with Gasteiger partial charge in [-0.3, -0.25) is 0 Å². The lowest BCUT2D eigenvalue weighted by Crippen LogP contribution is -2.50. The number of aromatic nitrogens is 2. The normalized spacial score (nSPS) is 16.6. The highest BCUT2D eigenvalue weighted by Gasteiger charge is 2.26. The van der Waals surface area contributed by atoms with Crippen LogP contribution in [0.15, 0.2) is 0 Å². The van der Waals surface area contributed by atoms with E-state index in [9.17, 15) is 4.79 Å². The van der Waals surface area contributed by atoms with E-state index in [1.165, 1.54) is 11.5 Å². The predicted octanol–water partition coefficient (Wildman–Crippen LogP) is 2.25. The zero-order valence-electron chi connectivity index (χ0n) is 11.2. The maximum atomic E-state index is 11.9. The number of hydrogen-bond acceptors (Lipinski definition) is 6. The lowest BCUT2D eigenvalue weighted by molar-refractivity contribution is 0.0240. The molecule has 2 rings (SSSR count). The first kappa shape index (κ1) is 14.3. The maximum Gasteiger partial charge on any atom is 0.410 e. The Morgan fingerprint density at radius 1 is 1.32 bits per heavy atom. The number of ether oxygens (including phenoxy) is 1. The molecule has 0 atom stereocenters. The van der Waals surface area contributed by atoms with Gasteiger partial charge in [0.2, 0.25) is 10.4 Å². The molecular weight excluding hydrogens is 288 g/mol. The first-order valence-corrected chi connectivity index (χ1v) is 7.22. The third kappa shape index (κ3) is 3.94. The van der Waals surface area contributed by atoms with Crippen LogP contribution in [-0.4, -0.2) is 52.1 Å². The number of rotatable bonds is 1. The molecule has 1 aliphatic rings. The molecule has 1 aromatic rings. The number of anilines is 1. The van der Waals surface area contributed by atoms with Crippen molar-refractivity contribution in [1.82, 2.24) is 14.3 Å². The zero-order valence-corrected chi connectivity index (χ0v) is 12.8. The lowest BCUT2D eigenvalue weighted by atomic mass is 10.2. The van der Waals surface area contributed by atoms with Gasteiger partial charge >= 0.3 is 6.09 Å². The van der Waals surface area contributed by atoms with Gasteiger partial charge in [0.1, 0.15) is 5.60 Å². The fourth-order valence-corrected chi connectivity index (χ4v) is 2.59. The zero-order chi connectivity index (χ0) is 14.0. The number of carbonyl (C=O) groups excluding carboxylic acids is 1. The van der Waals surface area contributed by atoms with Crippen LogP contribution in [0.3, 0.4) is 0 Å². The second kappa shape index (κ2) is 5.50. The van der Waals surface area contributed by atoms with Crippen molar-refractivity contribution < 1.29 is 9.53 Å². The molecule has 6 nitrogen and oxygen atoms in total. The molecule has 0 unspecified atom stereocenters. The average molecular weight is 305 g/mol. The largest absolute Gasteiger partial charge is 0.444 e. The highest BCUT2D eigenvalue weighted by molar-refractivity contribution is 7.10. The number of piperazine rings is 1. The summed E-state index contributed by atoms with van der Waals surface area (Å²) in [6.07, 6.45) is -0.262. The minimum Gasteiger partial charge on any atom is -0.444 e. The smallest absolute Gasteiger partial charge is 0.410 e. The molecule has 0 bridgehead atoms. The van der Waals surface area contributed by atoms with Gasteiger partial charge in [-0.05, 0) is 32.4 Å². The van der Waals surface area contributed by atoms with Gasteiger partial charge in [-0.25, -0.2) is 4.79 Å². The van der Waals surface area contributed by atoms with E-state index in [0.717, 1.165) is 5.13 Å². The van der Waals surface area contributed by atoms with Crippen molar-refractivity contribution in [3.05, 3.63) is 5.28 Å². The number of amides is 1. The molecular formula is C11H17ClN4O2S. The molecule has 8 heteroatoms. The molecule has 0 aliphatic carbocycles. The van der Waals surface area contributed by atoms with Crippen molar-refractivity contribution in [2.24, 2.45) is 0 Å². The van der Waals surface area contributed by atoms with Crippen LogP contribution in [0.4, 0.5) is 9.93 Å². The third-order valence-electron chi connectivity index (χ3n) is 2.59. The summed E-state index contributed by atoms with van der Waals surface area (Å²) in [4.78, 5) is 19.8. The van der Waals surface area contributed by atoms with Gasteiger partial charge in [-0.2, -0.15) is 9.36 Å². The number of hydrogen-bond donors (Lipinski definition) is 0. The molecule has 0 radical (unpaired) electrons. The Hall–Kier alpha value is -1.08. The monoisotopic (exact) mass is 304 g/mol. The highest BCUT2D eigenvalue weighted by Crippen LogP contribution is 2.21. The molecule has 0 saturated carbocycles. The van der Waals surface area contributed by atoms with Crippen molar-refractivity contribution in [2.75, 3.05) is 31.1 Å². The minimum atomic E-state index is -0.457. The molecule has 1 amide bonds. The van der Waals surface area contributed by atoms with Crippen LogP contribution in [-0.2, 0) is 4.74 Å². The summed E-state index contributed by atoms with van der Waals surface area (Å²) in [5, 5.41) is 1.07. The fraction of sp³-hybridized carbons (Fsp3) is 0.727. The van der Waals surface area contributed by atoms with Crippen molar-refractivity contribution in [3.8, 4) is 0 Å². The van der Waals surface area contributed by atoms with E-state index in [1.54, 1.807) is 4.90 Å². The van der Waals surface area contributed by atoms with Crippen LogP contribution < -0.4 is 4.90 Å². The maximum absolute atomic E-state index is 11.9. The molecule has 19 heavy (non-hydrogen) atoms. The Labute approximate surface area is 121 Å². The molecule has 0 spiro atoms. The van der Waals surface area contributed by atoms with Crippen LogP contribution >= 0.6 is 23.1 Å². The van der Waals surface area contributed by atoms with Crippen LogP contribution in [0.1, 0.15) is 20.8 Å².